The molecule has 0 aliphatic rings. The summed E-state index contributed by atoms with van der Waals surface area (Å²) in [4.78, 5) is 7.60. The third-order valence-electron chi connectivity index (χ3n) is 8.67. The molecule has 242 valence electrons. The minimum atomic E-state index is -0.00508. The Hall–Kier alpha value is -4.67. The van der Waals surface area contributed by atoms with Crippen molar-refractivity contribution >= 4 is 33.0 Å². The number of aromatic nitrogens is 1. The Morgan fingerprint density at radius 2 is 1.04 bits per heavy atom. The number of para-hydroxylation sites is 3. The number of hydrogen-bond acceptors (Lipinski definition) is 3. The van der Waals surface area contributed by atoms with E-state index in [1.54, 1.807) is 7.11 Å². The van der Waals surface area contributed by atoms with Gasteiger partial charge in [-0.1, -0.05) is 124 Å². The fourth-order valence-electron chi connectivity index (χ4n) is 5.95. The quantitative estimate of drug-likeness (QED) is 0.166. The Bertz CT molecular complexity index is 1970. The normalized spacial score (nSPS) is 11.8. The molecule has 0 unspecified atom stereocenters. The lowest BCUT2D eigenvalue weighted by Crippen LogP contribution is -2.16. The molecule has 0 spiro atoms. The molecular formula is C44H43BrN2O. The van der Waals surface area contributed by atoms with E-state index in [1.807, 2.05) is 30.3 Å². The van der Waals surface area contributed by atoms with Gasteiger partial charge in [0, 0.05) is 32.7 Å². The highest BCUT2D eigenvalue weighted by Crippen LogP contribution is 2.41. The van der Waals surface area contributed by atoms with Crippen LogP contribution in [-0.4, -0.2) is 12.1 Å². The van der Waals surface area contributed by atoms with Crippen LogP contribution in [0.15, 0.2) is 138 Å². The highest BCUT2D eigenvalue weighted by atomic mass is 79.9. The smallest absolute Gasteiger partial charge is 0.128 e. The molecule has 0 bridgehead atoms. The largest absolute Gasteiger partial charge is 0.496 e. The van der Waals surface area contributed by atoms with Crippen molar-refractivity contribution in [1.29, 1.82) is 0 Å². The number of halogens is 1. The van der Waals surface area contributed by atoms with Crippen molar-refractivity contribution < 1.29 is 4.74 Å². The van der Waals surface area contributed by atoms with Crippen molar-refractivity contribution in [2.24, 2.45) is 0 Å². The molecule has 0 fully saturated rings. The van der Waals surface area contributed by atoms with Gasteiger partial charge in [0.25, 0.3) is 0 Å². The number of hydrogen-bond donors (Lipinski definition) is 0. The fourth-order valence-corrected chi connectivity index (χ4v) is 6.43. The van der Waals surface area contributed by atoms with Gasteiger partial charge in [-0.05, 0) is 99.8 Å². The Balaban J connectivity index is 1.60. The minimum absolute atomic E-state index is 0.00508. The number of benzene rings is 5. The molecule has 0 saturated carbocycles. The van der Waals surface area contributed by atoms with E-state index in [0.29, 0.717) is 0 Å². The average molecular weight is 696 g/mol. The molecule has 0 amide bonds. The van der Waals surface area contributed by atoms with Crippen molar-refractivity contribution in [3.05, 3.63) is 149 Å². The van der Waals surface area contributed by atoms with E-state index in [9.17, 15) is 0 Å². The number of pyridine rings is 1. The van der Waals surface area contributed by atoms with Crippen LogP contribution in [0.5, 0.6) is 5.75 Å². The third kappa shape index (κ3) is 7.24. The second-order valence-corrected chi connectivity index (χ2v) is 15.2. The number of rotatable bonds is 7. The molecular weight excluding hydrogens is 652 g/mol. The number of methoxy groups -OCH3 is 1. The van der Waals surface area contributed by atoms with Crippen LogP contribution in [0.1, 0.15) is 52.7 Å². The molecule has 0 atom stereocenters. The zero-order chi connectivity index (χ0) is 34.1. The van der Waals surface area contributed by atoms with Crippen molar-refractivity contribution in [3.63, 3.8) is 0 Å². The standard InChI is InChI=1S/C44H43BrN2O/c1-43(2,3)33-22-30(23-34(28-33)44(4,5)6)31-26-40(46-41(27-31)39-20-14-15-21-42(39)48-7)32-24-35(45)29-38(25-32)47(36-16-10-8-11-17-36)37-18-12-9-13-19-37/h8-29H,1-7H3. The number of ether oxygens (including phenoxy) is 1. The molecule has 4 heteroatoms. The van der Waals surface area contributed by atoms with Crippen molar-refractivity contribution in [2.45, 2.75) is 52.4 Å². The summed E-state index contributed by atoms with van der Waals surface area (Å²) in [5.74, 6) is 0.793. The molecule has 48 heavy (non-hydrogen) atoms. The van der Waals surface area contributed by atoms with Crippen LogP contribution in [0.25, 0.3) is 33.6 Å². The van der Waals surface area contributed by atoms with Gasteiger partial charge in [0.2, 0.25) is 0 Å². The molecule has 0 aliphatic heterocycles. The SMILES string of the molecule is COc1ccccc1-c1cc(-c2cc(C(C)(C)C)cc(C(C)(C)C)c2)cc(-c2cc(Br)cc(N(c3ccccc3)c3ccccc3)c2)n1. The summed E-state index contributed by atoms with van der Waals surface area (Å²) in [6.07, 6.45) is 0. The maximum atomic E-state index is 5.83. The summed E-state index contributed by atoms with van der Waals surface area (Å²) in [5.41, 5.74) is 11.8. The van der Waals surface area contributed by atoms with Crippen molar-refractivity contribution in [2.75, 3.05) is 12.0 Å². The molecule has 0 N–H and O–H groups in total. The molecule has 3 nitrogen and oxygen atoms in total. The van der Waals surface area contributed by atoms with Crippen LogP contribution in [-0.2, 0) is 10.8 Å². The molecule has 5 aromatic carbocycles. The maximum Gasteiger partial charge on any atom is 0.128 e. The first-order valence-electron chi connectivity index (χ1n) is 16.4. The highest BCUT2D eigenvalue weighted by Gasteiger charge is 2.22. The summed E-state index contributed by atoms with van der Waals surface area (Å²) >= 11 is 3.86. The number of anilines is 3. The van der Waals surface area contributed by atoms with E-state index >= 15 is 0 Å². The lowest BCUT2D eigenvalue weighted by Gasteiger charge is -2.27. The monoisotopic (exact) mass is 694 g/mol. The van der Waals surface area contributed by atoms with E-state index in [1.165, 1.54) is 16.7 Å². The molecule has 0 saturated heterocycles. The van der Waals surface area contributed by atoms with Crippen molar-refractivity contribution in [3.8, 4) is 39.4 Å². The first kappa shape index (κ1) is 33.2. The summed E-state index contributed by atoms with van der Waals surface area (Å²) in [7, 11) is 1.72. The van der Waals surface area contributed by atoms with Gasteiger partial charge in [0.15, 0.2) is 0 Å². The van der Waals surface area contributed by atoms with Crippen LogP contribution < -0.4 is 9.64 Å². The zero-order valence-corrected chi connectivity index (χ0v) is 30.5. The summed E-state index contributed by atoms with van der Waals surface area (Å²) < 4.78 is 6.81. The maximum absolute atomic E-state index is 5.83. The minimum Gasteiger partial charge on any atom is -0.496 e. The molecule has 1 heterocycles. The van der Waals surface area contributed by atoms with E-state index in [-0.39, 0.29) is 10.8 Å². The molecule has 6 aromatic rings. The zero-order valence-electron chi connectivity index (χ0n) is 28.9. The Kier molecular flexibility index (Phi) is 9.31. The van der Waals surface area contributed by atoms with Crippen LogP contribution in [0.2, 0.25) is 0 Å². The predicted octanol–water partition coefficient (Wildman–Crippen LogP) is 12.9. The molecule has 1 aromatic heterocycles. The molecule has 0 radical (unpaired) electrons. The topological polar surface area (TPSA) is 25.4 Å². The highest BCUT2D eigenvalue weighted by molar-refractivity contribution is 9.10. The Morgan fingerprint density at radius 1 is 0.521 bits per heavy atom. The Morgan fingerprint density at radius 3 is 1.60 bits per heavy atom. The van der Waals surface area contributed by atoms with Gasteiger partial charge in [0.1, 0.15) is 5.75 Å². The van der Waals surface area contributed by atoms with Gasteiger partial charge in [-0.25, -0.2) is 4.98 Å². The number of nitrogens with zero attached hydrogens (tertiary/aromatic N) is 2. The van der Waals surface area contributed by atoms with Crippen LogP contribution in [0.3, 0.4) is 0 Å². The molecule has 0 aliphatic carbocycles. The predicted molar refractivity (Wildman–Crippen MR) is 207 cm³/mol. The van der Waals surface area contributed by atoms with Crippen LogP contribution >= 0.6 is 15.9 Å². The van der Waals surface area contributed by atoms with E-state index < -0.39 is 0 Å². The van der Waals surface area contributed by atoms with E-state index in [4.69, 9.17) is 9.72 Å². The van der Waals surface area contributed by atoms with Gasteiger partial charge in [-0.15, -0.1) is 0 Å². The van der Waals surface area contributed by atoms with Crippen molar-refractivity contribution in [1.82, 2.24) is 4.98 Å². The van der Waals surface area contributed by atoms with Gasteiger partial charge >= 0.3 is 0 Å². The summed E-state index contributed by atoms with van der Waals surface area (Å²) in [5, 5.41) is 0. The van der Waals surface area contributed by atoms with E-state index in [2.05, 4.69) is 166 Å². The third-order valence-corrected chi connectivity index (χ3v) is 9.13. The van der Waals surface area contributed by atoms with Gasteiger partial charge < -0.3 is 9.64 Å². The lowest BCUT2D eigenvalue weighted by molar-refractivity contribution is 0.416. The Labute approximate surface area is 294 Å². The first-order valence-corrected chi connectivity index (χ1v) is 17.2. The summed E-state index contributed by atoms with van der Waals surface area (Å²) in [6, 6.07) is 47.1. The van der Waals surface area contributed by atoms with E-state index in [0.717, 1.165) is 55.4 Å². The second-order valence-electron chi connectivity index (χ2n) is 14.3. The lowest BCUT2D eigenvalue weighted by atomic mass is 9.79. The second kappa shape index (κ2) is 13.4. The van der Waals surface area contributed by atoms with Crippen LogP contribution in [0, 0.1) is 0 Å². The van der Waals surface area contributed by atoms with Crippen LogP contribution in [0.4, 0.5) is 17.1 Å². The molecule has 6 rings (SSSR count). The van der Waals surface area contributed by atoms with Gasteiger partial charge in [-0.3, -0.25) is 0 Å². The average Bonchev–Trinajstić information content (AvgIpc) is 3.08. The summed E-state index contributed by atoms with van der Waals surface area (Å²) in [6.45, 7) is 13.7. The van der Waals surface area contributed by atoms with Gasteiger partial charge in [-0.2, -0.15) is 0 Å². The van der Waals surface area contributed by atoms with Gasteiger partial charge in [0.05, 0.1) is 18.5 Å². The fraction of sp³-hybridized carbons (Fsp3) is 0.205. The first-order chi connectivity index (χ1) is 22.9.